The van der Waals surface area contributed by atoms with Crippen LogP contribution < -0.4 is 0 Å². The zero-order valence-electron chi connectivity index (χ0n) is 9.32. The van der Waals surface area contributed by atoms with Crippen LogP contribution in [0.2, 0.25) is 5.02 Å². The van der Waals surface area contributed by atoms with Gasteiger partial charge in [-0.1, -0.05) is 24.4 Å². The molecule has 1 heterocycles. The van der Waals surface area contributed by atoms with Crippen molar-refractivity contribution in [1.29, 1.82) is 0 Å². The van der Waals surface area contributed by atoms with Crippen molar-refractivity contribution in [3.05, 3.63) is 29.0 Å². The molecular formula is C12H15ClN2O. The van der Waals surface area contributed by atoms with E-state index in [0.717, 1.165) is 12.8 Å². The summed E-state index contributed by atoms with van der Waals surface area (Å²) in [5.41, 5.74) is 0.547. The first kappa shape index (κ1) is 11.4. The van der Waals surface area contributed by atoms with Crippen LogP contribution in [0.15, 0.2) is 18.5 Å². The Morgan fingerprint density at radius 1 is 1.50 bits per heavy atom. The van der Waals surface area contributed by atoms with E-state index in [0.29, 0.717) is 16.6 Å². The van der Waals surface area contributed by atoms with Crippen molar-refractivity contribution in [2.75, 3.05) is 7.05 Å². The summed E-state index contributed by atoms with van der Waals surface area (Å²) in [5.74, 6) is -0.000648. The van der Waals surface area contributed by atoms with Gasteiger partial charge >= 0.3 is 0 Å². The second-order valence-electron chi connectivity index (χ2n) is 4.21. The lowest BCUT2D eigenvalue weighted by Gasteiger charge is -2.24. The van der Waals surface area contributed by atoms with E-state index < -0.39 is 0 Å². The SMILES string of the molecule is CN(C(=O)c1ccncc1Cl)C1CCCC1. The standard InChI is InChI=1S/C12H15ClN2O/c1-15(9-4-2-3-5-9)12(16)10-6-7-14-8-11(10)13/h6-9H,2-5H2,1H3. The third-order valence-corrected chi connectivity index (χ3v) is 3.50. The third-order valence-electron chi connectivity index (χ3n) is 3.20. The lowest BCUT2D eigenvalue weighted by Crippen LogP contribution is -2.35. The molecule has 2 rings (SSSR count). The lowest BCUT2D eigenvalue weighted by atomic mass is 10.1. The number of amides is 1. The van der Waals surface area contributed by atoms with E-state index in [-0.39, 0.29) is 5.91 Å². The Labute approximate surface area is 100 Å². The van der Waals surface area contributed by atoms with Crippen molar-refractivity contribution in [3.63, 3.8) is 0 Å². The Morgan fingerprint density at radius 3 is 2.81 bits per heavy atom. The van der Waals surface area contributed by atoms with Crippen molar-refractivity contribution in [1.82, 2.24) is 9.88 Å². The van der Waals surface area contributed by atoms with Gasteiger partial charge in [-0.25, -0.2) is 0 Å². The quantitative estimate of drug-likeness (QED) is 0.794. The predicted octanol–water partition coefficient (Wildman–Crippen LogP) is 2.75. The maximum absolute atomic E-state index is 12.2. The van der Waals surface area contributed by atoms with Crippen molar-refractivity contribution >= 4 is 17.5 Å². The number of carbonyl (C=O) groups excluding carboxylic acids is 1. The Balaban J connectivity index is 2.15. The summed E-state index contributed by atoms with van der Waals surface area (Å²) in [6, 6.07) is 2.05. The van der Waals surface area contributed by atoms with Gasteiger partial charge in [0.05, 0.1) is 10.6 Å². The van der Waals surface area contributed by atoms with E-state index in [9.17, 15) is 4.79 Å². The van der Waals surface area contributed by atoms with Crippen LogP contribution in [-0.2, 0) is 0 Å². The first-order valence-electron chi connectivity index (χ1n) is 5.57. The van der Waals surface area contributed by atoms with E-state index in [1.807, 2.05) is 11.9 Å². The highest BCUT2D eigenvalue weighted by molar-refractivity contribution is 6.33. The molecule has 1 saturated carbocycles. The molecule has 86 valence electrons. The monoisotopic (exact) mass is 238 g/mol. The van der Waals surface area contributed by atoms with Crippen molar-refractivity contribution in [3.8, 4) is 0 Å². The van der Waals surface area contributed by atoms with Gasteiger partial charge in [0.15, 0.2) is 0 Å². The average molecular weight is 239 g/mol. The summed E-state index contributed by atoms with van der Waals surface area (Å²) in [5, 5.41) is 0.428. The minimum atomic E-state index is -0.000648. The fraction of sp³-hybridized carbons (Fsp3) is 0.500. The molecule has 0 radical (unpaired) electrons. The summed E-state index contributed by atoms with van der Waals surface area (Å²) in [6.45, 7) is 0. The first-order valence-corrected chi connectivity index (χ1v) is 5.94. The molecule has 1 aromatic heterocycles. The second-order valence-corrected chi connectivity index (χ2v) is 4.62. The molecule has 0 unspecified atom stereocenters. The normalized spacial score (nSPS) is 16.4. The van der Waals surface area contributed by atoms with Gasteiger partial charge in [0.25, 0.3) is 5.91 Å². The third kappa shape index (κ3) is 2.19. The van der Waals surface area contributed by atoms with Crippen LogP contribution in [0.1, 0.15) is 36.0 Å². The molecule has 0 aromatic carbocycles. The van der Waals surface area contributed by atoms with Crippen LogP contribution in [0.25, 0.3) is 0 Å². The van der Waals surface area contributed by atoms with E-state index in [4.69, 9.17) is 11.6 Å². The molecule has 1 amide bonds. The molecule has 0 saturated heterocycles. The van der Waals surface area contributed by atoms with E-state index in [1.165, 1.54) is 19.0 Å². The molecule has 16 heavy (non-hydrogen) atoms. The van der Waals surface area contributed by atoms with E-state index in [2.05, 4.69) is 4.98 Å². The first-order chi connectivity index (χ1) is 7.70. The number of pyridine rings is 1. The highest BCUT2D eigenvalue weighted by atomic mass is 35.5. The van der Waals surface area contributed by atoms with Crippen LogP contribution in [0.4, 0.5) is 0 Å². The van der Waals surface area contributed by atoms with Gasteiger partial charge in [-0.05, 0) is 18.9 Å². The molecule has 0 aliphatic heterocycles. The largest absolute Gasteiger partial charge is 0.339 e. The fourth-order valence-corrected chi connectivity index (χ4v) is 2.40. The Bertz CT molecular complexity index is 388. The van der Waals surface area contributed by atoms with Gasteiger partial charge in [0.1, 0.15) is 0 Å². The van der Waals surface area contributed by atoms with Crippen LogP contribution in [0.3, 0.4) is 0 Å². The fourth-order valence-electron chi connectivity index (χ4n) is 2.20. The predicted molar refractivity (Wildman–Crippen MR) is 63.6 cm³/mol. The number of hydrogen-bond donors (Lipinski definition) is 0. The van der Waals surface area contributed by atoms with Crippen LogP contribution in [-0.4, -0.2) is 28.9 Å². The van der Waals surface area contributed by atoms with Crippen LogP contribution in [0, 0.1) is 0 Å². The number of halogens is 1. The van der Waals surface area contributed by atoms with Crippen molar-refractivity contribution < 1.29 is 4.79 Å². The Morgan fingerprint density at radius 2 is 2.19 bits per heavy atom. The Kier molecular flexibility index (Phi) is 3.44. The summed E-state index contributed by atoms with van der Waals surface area (Å²) in [4.78, 5) is 17.9. The summed E-state index contributed by atoms with van der Waals surface area (Å²) in [6.07, 6.45) is 7.74. The molecule has 1 aromatic rings. The van der Waals surface area contributed by atoms with Gasteiger partial charge in [0.2, 0.25) is 0 Å². The van der Waals surface area contributed by atoms with Gasteiger partial charge in [-0.3, -0.25) is 9.78 Å². The number of hydrogen-bond acceptors (Lipinski definition) is 2. The number of rotatable bonds is 2. The molecule has 1 fully saturated rings. The molecule has 1 aliphatic carbocycles. The minimum Gasteiger partial charge on any atom is -0.339 e. The second kappa shape index (κ2) is 4.83. The number of nitrogens with zero attached hydrogens (tertiary/aromatic N) is 2. The van der Waals surface area contributed by atoms with Gasteiger partial charge in [-0.15, -0.1) is 0 Å². The maximum Gasteiger partial charge on any atom is 0.255 e. The maximum atomic E-state index is 12.2. The molecular weight excluding hydrogens is 224 g/mol. The summed E-state index contributed by atoms with van der Waals surface area (Å²) < 4.78 is 0. The topological polar surface area (TPSA) is 33.2 Å². The highest BCUT2D eigenvalue weighted by Gasteiger charge is 2.25. The van der Waals surface area contributed by atoms with Gasteiger partial charge in [-0.2, -0.15) is 0 Å². The average Bonchev–Trinajstić information content (AvgIpc) is 2.81. The molecule has 0 atom stereocenters. The van der Waals surface area contributed by atoms with Gasteiger partial charge < -0.3 is 4.90 Å². The molecule has 0 spiro atoms. The minimum absolute atomic E-state index is 0.000648. The number of carbonyl (C=O) groups is 1. The molecule has 4 heteroatoms. The highest BCUT2D eigenvalue weighted by Crippen LogP contribution is 2.25. The molecule has 0 bridgehead atoms. The number of aromatic nitrogens is 1. The molecule has 1 aliphatic rings. The molecule has 3 nitrogen and oxygen atoms in total. The van der Waals surface area contributed by atoms with Crippen LogP contribution in [0.5, 0.6) is 0 Å². The Hall–Kier alpha value is -1.09. The van der Waals surface area contributed by atoms with E-state index >= 15 is 0 Å². The zero-order chi connectivity index (χ0) is 11.5. The zero-order valence-corrected chi connectivity index (χ0v) is 10.1. The molecule has 0 N–H and O–H groups in total. The van der Waals surface area contributed by atoms with Crippen LogP contribution >= 0.6 is 11.6 Å². The lowest BCUT2D eigenvalue weighted by molar-refractivity contribution is 0.0735. The van der Waals surface area contributed by atoms with Crippen molar-refractivity contribution in [2.45, 2.75) is 31.7 Å². The van der Waals surface area contributed by atoms with E-state index in [1.54, 1.807) is 12.3 Å². The summed E-state index contributed by atoms with van der Waals surface area (Å²) >= 11 is 5.96. The smallest absolute Gasteiger partial charge is 0.255 e. The summed E-state index contributed by atoms with van der Waals surface area (Å²) in [7, 11) is 1.86. The van der Waals surface area contributed by atoms with Gasteiger partial charge in [0, 0.05) is 25.5 Å². The van der Waals surface area contributed by atoms with Crippen molar-refractivity contribution in [2.24, 2.45) is 0 Å².